The summed E-state index contributed by atoms with van der Waals surface area (Å²) in [5.41, 5.74) is 3.65. The van der Waals surface area contributed by atoms with Crippen LogP contribution >= 0.6 is 0 Å². The molecule has 21 heavy (non-hydrogen) atoms. The fraction of sp³-hybridized carbons (Fsp3) is 0.250. The van der Waals surface area contributed by atoms with Gasteiger partial charge in [-0.2, -0.15) is 5.10 Å². The zero-order valence-electron chi connectivity index (χ0n) is 12.1. The molecule has 2 heterocycles. The van der Waals surface area contributed by atoms with Crippen LogP contribution in [-0.4, -0.2) is 21.3 Å². The van der Waals surface area contributed by atoms with Crippen LogP contribution in [0.25, 0.3) is 16.7 Å². The molecular formula is C16H17FN4. The number of aryl methyl sites for hydroxylation is 1. The fourth-order valence-electron chi connectivity index (χ4n) is 2.32. The first-order valence-electron chi connectivity index (χ1n) is 7.00. The summed E-state index contributed by atoms with van der Waals surface area (Å²) < 4.78 is 14.8. The lowest BCUT2D eigenvalue weighted by Gasteiger charge is -2.04. The standard InChI is InChI=1S/C16H17FN4/c1-3-18-9-12-8-15-11(2)20-21(16(15)19-10-12)14-6-4-13(17)5-7-14/h4-8,10,18H,3,9H2,1-2H3. The summed E-state index contributed by atoms with van der Waals surface area (Å²) >= 11 is 0. The monoisotopic (exact) mass is 284 g/mol. The molecule has 5 heteroatoms. The zero-order chi connectivity index (χ0) is 14.8. The van der Waals surface area contributed by atoms with Crippen LogP contribution in [0.1, 0.15) is 18.2 Å². The molecular weight excluding hydrogens is 267 g/mol. The first-order chi connectivity index (χ1) is 10.2. The SMILES string of the molecule is CCNCc1cnc2c(c1)c(C)nn2-c1ccc(F)cc1. The minimum absolute atomic E-state index is 0.257. The van der Waals surface area contributed by atoms with E-state index in [1.54, 1.807) is 16.8 Å². The summed E-state index contributed by atoms with van der Waals surface area (Å²) in [5.74, 6) is -0.257. The lowest BCUT2D eigenvalue weighted by molar-refractivity contribution is 0.627. The molecule has 0 aliphatic rings. The number of hydrogen-bond acceptors (Lipinski definition) is 3. The molecule has 0 unspecified atom stereocenters. The summed E-state index contributed by atoms with van der Waals surface area (Å²) in [7, 11) is 0. The Kier molecular flexibility index (Phi) is 3.66. The second-order valence-corrected chi connectivity index (χ2v) is 4.97. The lowest BCUT2D eigenvalue weighted by atomic mass is 10.2. The number of nitrogens with one attached hydrogen (secondary N) is 1. The Labute approximate surface area is 122 Å². The van der Waals surface area contributed by atoms with E-state index >= 15 is 0 Å². The largest absolute Gasteiger partial charge is 0.313 e. The molecule has 108 valence electrons. The maximum atomic E-state index is 13.0. The minimum Gasteiger partial charge on any atom is -0.313 e. The van der Waals surface area contributed by atoms with Gasteiger partial charge in [0.2, 0.25) is 0 Å². The topological polar surface area (TPSA) is 42.7 Å². The van der Waals surface area contributed by atoms with Crippen LogP contribution in [-0.2, 0) is 6.54 Å². The number of nitrogens with zero attached hydrogens (tertiary/aromatic N) is 3. The van der Waals surface area contributed by atoms with Gasteiger partial charge in [0.1, 0.15) is 5.82 Å². The Morgan fingerprint density at radius 1 is 1.24 bits per heavy atom. The summed E-state index contributed by atoms with van der Waals surface area (Å²) in [6, 6.07) is 8.37. The third-order valence-electron chi connectivity index (χ3n) is 3.41. The van der Waals surface area contributed by atoms with E-state index in [1.807, 2.05) is 13.1 Å². The van der Waals surface area contributed by atoms with Crippen molar-refractivity contribution < 1.29 is 4.39 Å². The Bertz CT molecular complexity index is 762. The highest BCUT2D eigenvalue weighted by molar-refractivity contribution is 5.80. The van der Waals surface area contributed by atoms with Gasteiger partial charge in [0.15, 0.2) is 5.65 Å². The number of hydrogen-bond donors (Lipinski definition) is 1. The van der Waals surface area contributed by atoms with E-state index in [-0.39, 0.29) is 5.82 Å². The van der Waals surface area contributed by atoms with Gasteiger partial charge in [0.05, 0.1) is 11.4 Å². The van der Waals surface area contributed by atoms with Crippen LogP contribution < -0.4 is 5.32 Å². The van der Waals surface area contributed by atoms with Crippen LogP contribution in [0.15, 0.2) is 36.5 Å². The first kappa shape index (κ1) is 13.7. The Morgan fingerprint density at radius 3 is 2.71 bits per heavy atom. The minimum atomic E-state index is -0.257. The number of aromatic nitrogens is 3. The summed E-state index contributed by atoms with van der Waals surface area (Å²) in [4.78, 5) is 4.52. The highest BCUT2D eigenvalue weighted by atomic mass is 19.1. The van der Waals surface area contributed by atoms with Crippen LogP contribution in [0.2, 0.25) is 0 Å². The average molecular weight is 284 g/mol. The Morgan fingerprint density at radius 2 is 2.00 bits per heavy atom. The van der Waals surface area contributed by atoms with Crippen molar-refractivity contribution in [3.8, 4) is 5.69 Å². The highest BCUT2D eigenvalue weighted by Crippen LogP contribution is 2.21. The predicted octanol–water partition coefficient (Wildman–Crippen LogP) is 2.98. The van der Waals surface area contributed by atoms with Crippen molar-refractivity contribution in [1.29, 1.82) is 0 Å². The van der Waals surface area contributed by atoms with E-state index in [2.05, 4.69) is 28.4 Å². The summed E-state index contributed by atoms with van der Waals surface area (Å²) in [5, 5.41) is 8.83. The Hall–Kier alpha value is -2.27. The van der Waals surface area contributed by atoms with Crippen molar-refractivity contribution in [2.75, 3.05) is 6.54 Å². The van der Waals surface area contributed by atoms with Gasteiger partial charge in [-0.15, -0.1) is 0 Å². The normalized spacial score (nSPS) is 11.2. The molecule has 0 fully saturated rings. The van der Waals surface area contributed by atoms with Gasteiger partial charge in [-0.3, -0.25) is 0 Å². The van der Waals surface area contributed by atoms with E-state index in [4.69, 9.17) is 0 Å². The first-order valence-corrected chi connectivity index (χ1v) is 7.00. The van der Waals surface area contributed by atoms with Crippen molar-refractivity contribution in [2.24, 2.45) is 0 Å². The molecule has 0 radical (unpaired) electrons. The molecule has 1 N–H and O–H groups in total. The van der Waals surface area contributed by atoms with Gasteiger partial charge in [-0.25, -0.2) is 14.1 Å². The van der Waals surface area contributed by atoms with Gasteiger partial charge in [-0.05, 0) is 49.4 Å². The molecule has 0 bridgehead atoms. The summed E-state index contributed by atoms with van der Waals surface area (Å²) in [6.07, 6.45) is 1.85. The van der Waals surface area contributed by atoms with Crippen LogP contribution in [0.3, 0.4) is 0 Å². The number of pyridine rings is 1. The molecule has 0 amide bonds. The molecule has 0 aliphatic carbocycles. The van der Waals surface area contributed by atoms with Gasteiger partial charge in [0.25, 0.3) is 0 Å². The number of halogens is 1. The molecule has 0 aliphatic heterocycles. The van der Waals surface area contributed by atoms with Crippen molar-refractivity contribution in [2.45, 2.75) is 20.4 Å². The molecule has 4 nitrogen and oxygen atoms in total. The molecule has 2 aromatic heterocycles. The van der Waals surface area contributed by atoms with Gasteiger partial charge in [-0.1, -0.05) is 6.92 Å². The quantitative estimate of drug-likeness (QED) is 0.801. The lowest BCUT2D eigenvalue weighted by Crippen LogP contribution is -2.11. The second kappa shape index (κ2) is 5.61. The van der Waals surface area contributed by atoms with Crippen molar-refractivity contribution in [3.05, 3.63) is 53.6 Å². The maximum absolute atomic E-state index is 13.0. The molecule has 0 saturated carbocycles. The van der Waals surface area contributed by atoms with Crippen molar-refractivity contribution in [3.63, 3.8) is 0 Å². The fourth-order valence-corrected chi connectivity index (χ4v) is 2.32. The van der Waals surface area contributed by atoms with E-state index in [9.17, 15) is 4.39 Å². The van der Waals surface area contributed by atoms with Gasteiger partial charge in [0, 0.05) is 18.1 Å². The number of fused-ring (bicyclic) bond motifs is 1. The van der Waals surface area contributed by atoms with Crippen molar-refractivity contribution in [1.82, 2.24) is 20.1 Å². The molecule has 3 aromatic rings. The zero-order valence-corrected chi connectivity index (χ0v) is 12.1. The van der Waals surface area contributed by atoms with E-state index in [0.717, 1.165) is 41.1 Å². The van der Waals surface area contributed by atoms with Crippen LogP contribution in [0, 0.1) is 12.7 Å². The highest BCUT2D eigenvalue weighted by Gasteiger charge is 2.11. The van der Waals surface area contributed by atoms with E-state index < -0.39 is 0 Å². The average Bonchev–Trinajstić information content (AvgIpc) is 2.83. The van der Waals surface area contributed by atoms with Crippen LogP contribution in [0.4, 0.5) is 4.39 Å². The second-order valence-electron chi connectivity index (χ2n) is 4.97. The molecule has 0 spiro atoms. The third-order valence-corrected chi connectivity index (χ3v) is 3.41. The van der Waals surface area contributed by atoms with Crippen molar-refractivity contribution >= 4 is 11.0 Å². The Balaban J connectivity index is 2.06. The number of rotatable bonds is 4. The smallest absolute Gasteiger partial charge is 0.163 e. The predicted molar refractivity (Wildman–Crippen MR) is 80.9 cm³/mol. The van der Waals surface area contributed by atoms with E-state index in [0.29, 0.717) is 0 Å². The molecule has 0 atom stereocenters. The van der Waals surface area contributed by atoms with E-state index in [1.165, 1.54) is 12.1 Å². The molecule has 0 saturated heterocycles. The maximum Gasteiger partial charge on any atom is 0.163 e. The third kappa shape index (κ3) is 2.64. The molecule has 1 aromatic carbocycles. The van der Waals surface area contributed by atoms with Gasteiger partial charge < -0.3 is 5.32 Å². The number of benzene rings is 1. The molecule has 3 rings (SSSR count). The van der Waals surface area contributed by atoms with Crippen LogP contribution in [0.5, 0.6) is 0 Å². The summed E-state index contributed by atoms with van der Waals surface area (Å²) in [6.45, 7) is 5.75. The van der Waals surface area contributed by atoms with Gasteiger partial charge >= 0.3 is 0 Å².